The van der Waals surface area contributed by atoms with Crippen LogP contribution in [-0.4, -0.2) is 17.1 Å². The number of halogens is 1. The lowest BCUT2D eigenvalue weighted by molar-refractivity contribution is 0.0104. The number of unbranched alkanes of at least 4 members (excludes halogenated alkanes) is 1. The second-order valence-corrected chi connectivity index (χ2v) is 4.93. The maximum Gasteiger partial charge on any atom is 0.128 e. The molecule has 0 N–H and O–H groups in total. The van der Waals surface area contributed by atoms with E-state index in [-0.39, 0.29) is 5.60 Å². The molecule has 0 aromatic carbocycles. The number of methoxy groups -OCH3 is 1. The maximum absolute atomic E-state index is 5.58. The van der Waals surface area contributed by atoms with E-state index in [0.29, 0.717) is 0 Å². The van der Waals surface area contributed by atoms with Crippen LogP contribution < -0.4 is 0 Å². The van der Waals surface area contributed by atoms with Crippen molar-refractivity contribution >= 4 is 22.6 Å². The largest absolute Gasteiger partial charge is 0.366 e. The number of alkyl halides is 1. The van der Waals surface area contributed by atoms with E-state index >= 15 is 0 Å². The average molecular weight is 306 g/mol. The number of hydrogen-bond donors (Lipinski definition) is 0. The fourth-order valence-electron chi connectivity index (χ4n) is 1.88. The molecule has 0 bridgehead atoms. The molecule has 0 radical (unpaired) electrons. The summed E-state index contributed by atoms with van der Waals surface area (Å²) >= 11 is 2.40. The van der Waals surface area contributed by atoms with Gasteiger partial charge >= 0.3 is 0 Å². The van der Waals surface area contributed by atoms with E-state index in [1.165, 1.54) is 30.1 Å². The van der Waals surface area contributed by atoms with Crippen LogP contribution in [0, 0.1) is 11.8 Å². The monoisotopic (exact) mass is 306 g/mol. The quantitative estimate of drug-likeness (QED) is 0.335. The van der Waals surface area contributed by atoms with Crippen molar-refractivity contribution in [1.29, 1.82) is 0 Å². The van der Waals surface area contributed by atoms with Gasteiger partial charge in [0.2, 0.25) is 0 Å². The zero-order chi connectivity index (χ0) is 10.3. The molecule has 0 aromatic rings. The van der Waals surface area contributed by atoms with Gasteiger partial charge in [0.05, 0.1) is 0 Å². The van der Waals surface area contributed by atoms with E-state index in [9.17, 15) is 0 Å². The van der Waals surface area contributed by atoms with E-state index in [0.717, 1.165) is 19.3 Å². The van der Waals surface area contributed by atoms with Gasteiger partial charge in [0.25, 0.3) is 0 Å². The molecule has 1 aliphatic carbocycles. The Labute approximate surface area is 101 Å². The van der Waals surface area contributed by atoms with Gasteiger partial charge in [-0.2, -0.15) is 0 Å². The topological polar surface area (TPSA) is 9.23 Å². The van der Waals surface area contributed by atoms with Crippen LogP contribution in [0.5, 0.6) is 0 Å². The van der Waals surface area contributed by atoms with Crippen molar-refractivity contribution in [2.24, 2.45) is 0 Å². The zero-order valence-electron chi connectivity index (χ0n) is 8.94. The van der Waals surface area contributed by atoms with Crippen molar-refractivity contribution in [3.63, 3.8) is 0 Å². The van der Waals surface area contributed by atoms with Crippen LogP contribution in [0.1, 0.15) is 44.9 Å². The maximum atomic E-state index is 5.58. The minimum Gasteiger partial charge on any atom is -0.366 e. The molecule has 1 fully saturated rings. The molecular weight excluding hydrogens is 287 g/mol. The summed E-state index contributed by atoms with van der Waals surface area (Å²) in [5.74, 6) is 6.61. The Bertz CT molecular complexity index is 208. The molecule has 1 nitrogen and oxygen atoms in total. The summed E-state index contributed by atoms with van der Waals surface area (Å²) in [7, 11) is 1.80. The molecule has 0 aromatic heterocycles. The predicted molar refractivity (Wildman–Crippen MR) is 68.7 cm³/mol. The Kier molecular flexibility index (Phi) is 5.88. The van der Waals surface area contributed by atoms with E-state index in [4.69, 9.17) is 4.74 Å². The lowest BCUT2D eigenvalue weighted by Gasteiger charge is -2.30. The second-order valence-electron chi connectivity index (χ2n) is 3.85. The minimum absolute atomic E-state index is 0.0937. The van der Waals surface area contributed by atoms with Gasteiger partial charge in [-0.05, 0) is 32.1 Å². The molecule has 0 amide bonds. The molecule has 1 saturated carbocycles. The molecule has 80 valence electrons. The van der Waals surface area contributed by atoms with Crippen LogP contribution in [0.4, 0.5) is 0 Å². The Hall–Kier alpha value is 0.250. The Morgan fingerprint density at radius 3 is 2.57 bits per heavy atom. The van der Waals surface area contributed by atoms with Gasteiger partial charge in [-0.15, -0.1) is 5.92 Å². The second kappa shape index (κ2) is 6.68. The molecule has 0 saturated heterocycles. The molecule has 0 atom stereocenters. The molecule has 0 heterocycles. The molecule has 2 heteroatoms. The van der Waals surface area contributed by atoms with E-state index in [2.05, 4.69) is 34.4 Å². The van der Waals surface area contributed by atoms with Crippen LogP contribution in [0.25, 0.3) is 0 Å². The Balaban J connectivity index is 2.45. The standard InChI is InChI=1S/C12H19IO/c1-14-12(8-4-2-5-9-12)10-6-3-7-11-13/h2-5,7-9,11H2,1H3. The SMILES string of the molecule is COC1(C#CCCCI)CCCCC1. The first-order chi connectivity index (χ1) is 6.83. The molecule has 14 heavy (non-hydrogen) atoms. The first kappa shape index (κ1) is 12.3. The third-order valence-electron chi connectivity index (χ3n) is 2.80. The van der Waals surface area contributed by atoms with Crippen molar-refractivity contribution in [2.75, 3.05) is 11.5 Å². The Morgan fingerprint density at radius 1 is 1.29 bits per heavy atom. The van der Waals surface area contributed by atoms with Crippen LogP contribution in [0.15, 0.2) is 0 Å². The highest BCUT2D eigenvalue weighted by atomic mass is 127. The van der Waals surface area contributed by atoms with Crippen molar-refractivity contribution < 1.29 is 4.74 Å². The molecule has 0 unspecified atom stereocenters. The zero-order valence-corrected chi connectivity index (χ0v) is 11.1. The molecule has 0 aliphatic heterocycles. The minimum atomic E-state index is -0.0937. The summed E-state index contributed by atoms with van der Waals surface area (Å²) in [4.78, 5) is 0. The van der Waals surface area contributed by atoms with Crippen LogP contribution in [-0.2, 0) is 4.74 Å². The van der Waals surface area contributed by atoms with Crippen molar-refractivity contribution in [3.8, 4) is 11.8 Å². The summed E-state index contributed by atoms with van der Waals surface area (Å²) in [5, 5.41) is 0. The van der Waals surface area contributed by atoms with Crippen LogP contribution in [0.2, 0.25) is 0 Å². The molecule has 1 rings (SSSR count). The highest BCUT2D eigenvalue weighted by Gasteiger charge is 2.29. The highest BCUT2D eigenvalue weighted by Crippen LogP contribution is 2.30. The highest BCUT2D eigenvalue weighted by molar-refractivity contribution is 14.1. The lowest BCUT2D eigenvalue weighted by Crippen LogP contribution is -2.32. The van der Waals surface area contributed by atoms with Gasteiger partial charge in [-0.1, -0.05) is 34.9 Å². The van der Waals surface area contributed by atoms with Crippen LogP contribution in [0.3, 0.4) is 0 Å². The number of hydrogen-bond acceptors (Lipinski definition) is 1. The van der Waals surface area contributed by atoms with E-state index in [1.54, 1.807) is 7.11 Å². The summed E-state index contributed by atoms with van der Waals surface area (Å²) in [5.41, 5.74) is -0.0937. The molecular formula is C12H19IO. The van der Waals surface area contributed by atoms with Crippen molar-refractivity contribution in [2.45, 2.75) is 50.5 Å². The van der Waals surface area contributed by atoms with E-state index < -0.39 is 0 Å². The normalized spacial score (nSPS) is 19.9. The molecule has 0 spiro atoms. The van der Waals surface area contributed by atoms with Gasteiger partial charge in [-0.3, -0.25) is 0 Å². The first-order valence-electron chi connectivity index (χ1n) is 5.44. The third kappa shape index (κ3) is 3.78. The van der Waals surface area contributed by atoms with Crippen molar-refractivity contribution in [3.05, 3.63) is 0 Å². The van der Waals surface area contributed by atoms with Crippen molar-refractivity contribution in [1.82, 2.24) is 0 Å². The summed E-state index contributed by atoms with van der Waals surface area (Å²) in [6, 6.07) is 0. The number of ether oxygens (including phenoxy) is 1. The smallest absolute Gasteiger partial charge is 0.128 e. The van der Waals surface area contributed by atoms with Crippen LogP contribution >= 0.6 is 22.6 Å². The molecule has 1 aliphatic rings. The Morgan fingerprint density at radius 2 is 2.00 bits per heavy atom. The summed E-state index contributed by atoms with van der Waals surface area (Å²) < 4.78 is 6.78. The van der Waals surface area contributed by atoms with Gasteiger partial charge in [-0.25, -0.2) is 0 Å². The fraction of sp³-hybridized carbons (Fsp3) is 0.833. The average Bonchev–Trinajstić information content (AvgIpc) is 2.26. The third-order valence-corrected chi connectivity index (χ3v) is 3.57. The van der Waals surface area contributed by atoms with Gasteiger partial charge in [0.15, 0.2) is 0 Å². The number of rotatable bonds is 3. The predicted octanol–water partition coefficient (Wildman–Crippen LogP) is 3.55. The van der Waals surface area contributed by atoms with Gasteiger partial charge < -0.3 is 4.74 Å². The fourth-order valence-corrected chi connectivity index (χ4v) is 2.26. The van der Waals surface area contributed by atoms with Gasteiger partial charge in [0.1, 0.15) is 5.60 Å². The lowest BCUT2D eigenvalue weighted by atomic mass is 9.85. The summed E-state index contributed by atoms with van der Waals surface area (Å²) in [6.45, 7) is 0. The van der Waals surface area contributed by atoms with Gasteiger partial charge in [0, 0.05) is 18.0 Å². The first-order valence-corrected chi connectivity index (χ1v) is 6.97. The summed E-state index contributed by atoms with van der Waals surface area (Å²) in [6.07, 6.45) is 8.37. The van der Waals surface area contributed by atoms with E-state index in [1.807, 2.05) is 0 Å².